The standard InChI is InChI=1S/C16H22O2/c1-3-18-14(17)15(2)9-11-7-12(15)13-10-5-4-6-16(11,13)8-10/h4-5,10-13H,3,6-9H2,1-2H3. The SMILES string of the molecule is CCOC(=O)C1(C)CC2CC1C1C3C=CCC21C3. The maximum Gasteiger partial charge on any atom is 0.312 e. The van der Waals surface area contributed by atoms with Gasteiger partial charge >= 0.3 is 5.97 Å². The molecule has 4 aliphatic rings. The molecule has 4 rings (SSSR count). The number of rotatable bonds is 2. The molecule has 0 aromatic carbocycles. The number of hydrogen-bond donors (Lipinski definition) is 0. The van der Waals surface area contributed by atoms with Gasteiger partial charge in [0.1, 0.15) is 0 Å². The van der Waals surface area contributed by atoms with Crippen molar-refractivity contribution >= 4 is 5.97 Å². The molecule has 0 aromatic rings. The molecule has 0 heterocycles. The lowest BCUT2D eigenvalue weighted by atomic mass is 9.42. The molecule has 3 fully saturated rings. The van der Waals surface area contributed by atoms with Crippen LogP contribution in [0.5, 0.6) is 0 Å². The lowest BCUT2D eigenvalue weighted by molar-refractivity contribution is -0.172. The van der Waals surface area contributed by atoms with Gasteiger partial charge in [0, 0.05) is 0 Å². The summed E-state index contributed by atoms with van der Waals surface area (Å²) in [7, 11) is 0. The van der Waals surface area contributed by atoms with E-state index in [0.29, 0.717) is 17.9 Å². The van der Waals surface area contributed by atoms with Crippen LogP contribution in [-0.4, -0.2) is 12.6 Å². The highest BCUT2D eigenvalue weighted by atomic mass is 16.5. The average molecular weight is 246 g/mol. The van der Waals surface area contributed by atoms with Crippen molar-refractivity contribution in [3.8, 4) is 0 Å². The molecule has 18 heavy (non-hydrogen) atoms. The van der Waals surface area contributed by atoms with Gasteiger partial charge in [-0.3, -0.25) is 4.79 Å². The van der Waals surface area contributed by atoms with Crippen molar-refractivity contribution in [3.63, 3.8) is 0 Å². The zero-order chi connectivity index (χ0) is 12.5. The molecular weight excluding hydrogens is 224 g/mol. The van der Waals surface area contributed by atoms with Crippen LogP contribution in [0.25, 0.3) is 0 Å². The number of carbonyl (C=O) groups is 1. The monoisotopic (exact) mass is 246 g/mol. The summed E-state index contributed by atoms with van der Waals surface area (Å²) < 4.78 is 5.35. The van der Waals surface area contributed by atoms with Crippen LogP contribution in [-0.2, 0) is 9.53 Å². The normalized spacial score (nSPS) is 55.0. The molecule has 0 amide bonds. The molecular formula is C16H22O2. The van der Waals surface area contributed by atoms with Gasteiger partial charge in [0.25, 0.3) is 0 Å². The minimum Gasteiger partial charge on any atom is -0.466 e. The Bertz CT molecular complexity index is 440. The minimum absolute atomic E-state index is 0.0707. The number of allylic oxidation sites excluding steroid dienone is 2. The van der Waals surface area contributed by atoms with Crippen molar-refractivity contribution in [1.82, 2.24) is 0 Å². The van der Waals surface area contributed by atoms with Gasteiger partial charge in [0.05, 0.1) is 12.0 Å². The van der Waals surface area contributed by atoms with E-state index < -0.39 is 0 Å². The fraction of sp³-hybridized carbons (Fsp3) is 0.812. The van der Waals surface area contributed by atoms with E-state index in [-0.39, 0.29) is 11.4 Å². The second kappa shape index (κ2) is 3.20. The van der Waals surface area contributed by atoms with Crippen LogP contribution in [0.15, 0.2) is 12.2 Å². The van der Waals surface area contributed by atoms with Crippen LogP contribution in [0.2, 0.25) is 0 Å². The van der Waals surface area contributed by atoms with Crippen LogP contribution in [0.4, 0.5) is 0 Å². The summed E-state index contributed by atoms with van der Waals surface area (Å²) in [5.41, 5.74) is 0.411. The molecule has 3 saturated carbocycles. The molecule has 4 bridgehead atoms. The number of fused-ring (bicyclic) bond motifs is 2. The number of ether oxygens (including phenoxy) is 1. The van der Waals surface area contributed by atoms with E-state index in [4.69, 9.17) is 4.74 Å². The van der Waals surface area contributed by atoms with Gasteiger partial charge in [-0.15, -0.1) is 0 Å². The first kappa shape index (κ1) is 11.1. The van der Waals surface area contributed by atoms with Crippen molar-refractivity contribution in [2.75, 3.05) is 6.61 Å². The lowest BCUT2D eigenvalue weighted by Crippen LogP contribution is -2.57. The Hall–Kier alpha value is -0.790. The Kier molecular flexibility index (Phi) is 1.97. The molecule has 0 spiro atoms. The Labute approximate surface area is 109 Å². The Morgan fingerprint density at radius 2 is 2.28 bits per heavy atom. The number of esters is 1. The number of hydrogen-bond acceptors (Lipinski definition) is 2. The highest BCUT2D eigenvalue weighted by molar-refractivity contribution is 5.78. The molecule has 0 saturated heterocycles. The fourth-order valence-corrected chi connectivity index (χ4v) is 5.97. The molecule has 2 heteroatoms. The van der Waals surface area contributed by atoms with Crippen molar-refractivity contribution in [2.24, 2.45) is 34.5 Å². The third kappa shape index (κ3) is 1.01. The van der Waals surface area contributed by atoms with Crippen molar-refractivity contribution in [1.29, 1.82) is 0 Å². The first-order valence-corrected chi connectivity index (χ1v) is 7.46. The molecule has 6 unspecified atom stereocenters. The third-order valence-corrected chi connectivity index (χ3v) is 6.64. The summed E-state index contributed by atoms with van der Waals surface area (Å²) in [5.74, 6) is 2.99. The summed E-state index contributed by atoms with van der Waals surface area (Å²) in [5, 5.41) is 0. The second-order valence-electron chi connectivity index (χ2n) is 7.14. The molecule has 4 aliphatic carbocycles. The van der Waals surface area contributed by atoms with Gasteiger partial charge in [-0.25, -0.2) is 0 Å². The van der Waals surface area contributed by atoms with E-state index in [2.05, 4.69) is 19.1 Å². The average Bonchev–Trinajstić information content (AvgIpc) is 2.81. The summed E-state index contributed by atoms with van der Waals surface area (Å²) in [4.78, 5) is 12.3. The summed E-state index contributed by atoms with van der Waals surface area (Å²) >= 11 is 0. The highest BCUT2D eigenvalue weighted by Crippen LogP contribution is 2.78. The predicted molar refractivity (Wildman–Crippen MR) is 68.7 cm³/mol. The first-order chi connectivity index (χ1) is 8.62. The van der Waals surface area contributed by atoms with Crippen molar-refractivity contribution < 1.29 is 9.53 Å². The van der Waals surface area contributed by atoms with Gasteiger partial charge in [-0.1, -0.05) is 12.2 Å². The van der Waals surface area contributed by atoms with E-state index >= 15 is 0 Å². The molecule has 0 N–H and O–H groups in total. The van der Waals surface area contributed by atoms with Crippen LogP contribution < -0.4 is 0 Å². The minimum atomic E-state index is -0.182. The van der Waals surface area contributed by atoms with Gasteiger partial charge in [-0.2, -0.15) is 0 Å². The van der Waals surface area contributed by atoms with E-state index in [9.17, 15) is 4.79 Å². The van der Waals surface area contributed by atoms with E-state index in [1.54, 1.807) is 0 Å². The third-order valence-electron chi connectivity index (χ3n) is 6.64. The predicted octanol–water partition coefficient (Wildman–Crippen LogP) is 3.18. The molecule has 0 aliphatic heterocycles. The van der Waals surface area contributed by atoms with Gasteiger partial charge in [-0.05, 0) is 68.6 Å². The number of carbonyl (C=O) groups excluding carboxylic acids is 1. The van der Waals surface area contributed by atoms with Crippen LogP contribution in [0.1, 0.15) is 39.5 Å². The van der Waals surface area contributed by atoms with E-state index in [1.165, 1.54) is 19.3 Å². The smallest absolute Gasteiger partial charge is 0.312 e. The molecule has 98 valence electrons. The topological polar surface area (TPSA) is 26.3 Å². The first-order valence-electron chi connectivity index (χ1n) is 7.46. The fourth-order valence-electron chi connectivity index (χ4n) is 5.97. The maximum atomic E-state index is 12.3. The van der Waals surface area contributed by atoms with E-state index in [0.717, 1.165) is 24.2 Å². The zero-order valence-electron chi connectivity index (χ0n) is 11.3. The van der Waals surface area contributed by atoms with E-state index in [1.807, 2.05) is 6.92 Å². The van der Waals surface area contributed by atoms with Crippen molar-refractivity contribution in [2.45, 2.75) is 39.5 Å². The van der Waals surface area contributed by atoms with Gasteiger partial charge in [0.15, 0.2) is 0 Å². The molecule has 2 nitrogen and oxygen atoms in total. The largest absolute Gasteiger partial charge is 0.466 e. The van der Waals surface area contributed by atoms with Gasteiger partial charge < -0.3 is 4.74 Å². The van der Waals surface area contributed by atoms with Crippen molar-refractivity contribution in [3.05, 3.63) is 12.2 Å². The molecule has 0 radical (unpaired) electrons. The van der Waals surface area contributed by atoms with Crippen LogP contribution in [0.3, 0.4) is 0 Å². The summed E-state index contributed by atoms with van der Waals surface area (Å²) in [6.07, 6.45) is 9.83. The maximum absolute atomic E-state index is 12.3. The Balaban J connectivity index is 1.67. The van der Waals surface area contributed by atoms with Gasteiger partial charge in [0.2, 0.25) is 0 Å². The second-order valence-corrected chi connectivity index (χ2v) is 7.14. The zero-order valence-corrected chi connectivity index (χ0v) is 11.3. The molecule has 6 atom stereocenters. The summed E-state index contributed by atoms with van der Waals surface area (Å²) in [6.45, 7) is 4.60. The molecule has 0 aromatic heterocycles. The van der Waals surface area contributed by atoms with Crippen LogP contribution in [0, 0.1) is 34.5 Å². The quantitative estimate of drug-likeness (QED) is 0.552. The Morgan fingerprint density at radius 3 is 3.00 bits per heavy atom. The van der Waals surface area contributed by atoms with Crippen LogP contribution >= 0.6 is 0 Å². The Morgan fingerprint density at radius 1 is 1.44 bits per heavy atom. The lowest BCUT2D eigenvalue weighted by Gasteiger charge is -2.62. The highest BCUT2D eigenvalue weighted by Gasteiger charge is 2.73. The summed E-state index contributed by atoms with van der Waals surface area (Å²) in [6, 6.07) is 0.